The van der Waals surface area contributed by atoms with Gasteiger partial charge in [-0.3, -0.25) is 0 Å². The van der Waals surface area contributed by atoms with Crippen molar-refractivity contribution in [2.24, 2.45) is 5.92 Å². The minimum atomic E-state index is -3.20. The van der Waals surface area contributed by atoms with Crippen molar-refractivity contribution in [1.29, 1.82) is 0 Å². The summed E-state index contributed by atoms with van der Waals surface area (Å²) in [6, 6.07) is 0.0337. The first-order valence-corrected chi connectivity index (χ1v) is 7.54. The highest BCUT2D eigenvalue weighted by molar-refractivity contribution is 7.89. The predicted octanol–water partition coefficient (Wildman–Crippen LogP) is -0.307. The van der Waals surface area contributed by atoms with E-state index in [1.807, 2.05) is 0 Å². The highest BCUT2D eigenvalue weighted by Crippen LogP contribution is 2.15. The number of ether oxygens (including phenoxy) is 1. The molecule has 0 aromatic rings. The van der Waals surface area contributed by atoms with Crippen molar-refractivity contribution >= 4 is 10.0 Å². The van der Waals surface area contributed by atoms with Crippen LogP contribution in [-0.4, -0.2) is 46.0 Å². The maximum absolute atomic E-state index is 11.9. The Morgan fingerprint density at radius 1 is 1.44 bits per heavy atom. The Morgan fingerprint density at radius 2 is 2.25 bits per heavy atom. The molecule has 16 heavy (non-hydrogen) atoms. The van der Waals surface area contributed by atoms with E-state index in [4.69, 9.17) is 4.74 Å². The van der Waals surface area contributed by atoms with Crippen molar-refractivity contribution in [2.45, 2.75) is 31.9 Å². The molecular formula is C10H20N2O3S. The normalized spacial score (nSPS) is 35.7. The molecule has 3 unspecified atom stereocenters. The molecule has 0 saturated carbocycles. The smallest absolute Gasteiger partial charge is 0.214 e. The number of rotatable bonds is 4. The fraction of sp³-hybridized carbons (Fsp3) is 1.00. The predicted molar refractivity (Wildman–Crippen MR) is 61.7 cm³/mol. The van der Waals surface area contributed by atoms with Crippen LogP contribution in [-0.2, 0) is 14.8 Å². The van der Waals surface area contributed by atoms with Gasteiger partial charge >= 0.3 is 0 Å². The van der Waals surface area contributed by atoms with Gasteiger partial charge in [-0.25, -0.2) is 13.1 Å². The molecule has 0 aromatic heterocycles. The van der Waals surface area contributed by atoms with Crippen LogP contribution in [0.25, 0.3) is 0 Å². The van der Waals surface area contributed by atoms with Crippen LogP contribution in [0.4, 0.5) is 0 Å². The molecule has 2 aliphatic heterocycles. The van der Waals surface area contributed by atoms with Gasteiger partial charge in [0.05, 0.1) is 11.9 Å². The molecule has 2 fully saturated rings. The second-order valence-corrected chi connectivity index (χ2v) is 6.57. The van der Waals surface area contributed by atoms with Gasteiger partial charge in [-0.2, -0.15) is 0 Å². The second-order valence-electron chi connectivity index (χ2n) is 4.78. The third kappa shape index (κ3) is 3.16. The van der Waals surface area contributed by atoms with Gasteiger partial charge in [-0.1, -0.05) is 6.92 Å². The summed E-state index contributed by atoms with van der Waals surface area (Å²) in [4.78, 5) is 0. The van der Waals surface area contributed by atoms with Gasteiger partial charge in [0.15, 0.2) is 0 Å². The largest absolute Gasteiger partial charge is 0.377 e. The standard InChI is InChI=1S/C10H20N2O3S/c1-8-5-11-6-10(8)12-16(13,14)7-9-3-2-4-15-9/h8-12H,2-7H2,1H3. The lowest BCUT2D eigenvalue weighted by Gasteiger charge is -2.18. The van der Waals surface area contributed by atoms with Gasteiger partial charge < -0.3 is 10.1 Å². The summed E-state index contributed by atoms with van der Waals surface area (Å²) in [5.41, 5.74) is 0. The molecule has 2 saturated heterocycles. The Bertz CT molecular complexity index is 325. The van der Waals surface area contributed by atoms with E-state index in [-0.39, 0.29) is 17.9 Å². The molecule has 94 valence electrons. The van der Waals surface area contributed by atoms with Crippen LogP contribution in [0.5, 0.6) is 0 Å². The molecular weight excluding hydrogens is 228 g/mol. The Kier molecular flexibility index (Phi) is 3.84. The lowest BCUT2D eigenvalue weighted by Crippen LogP contribution is -2.42. The zero-order chi connectivity index (χ0) is 11.6. The minimum Gasteiger partial charge on any atom is -0.377 e. The molecule has 0 aromatic carbocycles. The van der Waals surface area contributed by atoms with Gasteiger partial charge in [0.1, 0.15) is 0 Å². The number of hydrogen-bond acceptors (Lipinski definition) is 4. The molecule has 2 rings (SSSR count). The Hall–Kier alpha value is -0.170. The van der Waals surface area contributed by atoms with Crippen LogP contribution in [0.15, 0.2) is 0 Å². The molecule has 6 heteroatoms. The van der Waals surface area contributed by atoms with Gasteiger partial charge in [0.25, 0.3) is 0 Å². The van der Waals surface area contributed by atoms with Crippen LogP contribution in [0, 0.1) is 5.92 Å². The van der Waals surface area contributed by atoms with Crippen molar-refractivity contribution in [3.05, 3.63) is 0 Å². The number of sulfonamides is 1. The van der Waals surface area contributed by atoms with Crippen LogP contribution in [0.3, 0.4) is 0 Å². The van der Waals surface area contributed by atoms with E-state index >= 15 is 0 Å². The Morgan fingerprint density at radius 3 is 2.81 bits per heavy atom. The maximum atomic E-state index is 11.9. The summed E-state index contributed by atoms with van der Waals surface area (Å²) in [6.07, 6.45) is 1.73. The zero-order valence-corrected chi connectivity index (χ0v) is 10.4. The highest BCUT2D eigenvalue weighted by atomic mass is 32.2. The fourth-order valence-electron chi connectivity index (χ4n) is 2.27. The molecule has 3 atom stereocenters. The van der Waals surface area contributed by atoms with E-state index < -0.39 is 10.0 Å². The summed E-state index contributed by atoms with van der Waals surface area (Å²) < 4.78 is 31.8. The average molecular weight is 248 g/mol. The zero-order valence-electron chi connectivity index (χ0n) is 9.61. The SMILES string of the molecule is CC1CNCC1NS(=O)(=O)CC1CCCO1. The quantitative estimate of drug-likeness (QED) is 0.716. The van der Waals surface area contributed by atoms with E-state index in [0.29, 0.717) is 12.5 Å². The van der Waals surface area contributed by atoms with Crippen LogP contribution >= 0.6 is 0 Å². The molecule has 0 bridgehead atoms. The van der Waals surface area contributed by atoms with Crippen molar-refractivity contribution in [1.82, 2.24) is 10.0 Å². The van der Waals surface area contributed by atoms with Crippen molar-refractivity contribution < 1.29 is 13.2 Å². The summed E-state index contributed by atoms with van der Waals surface area (Å²) in [7, 11) is -3.20. The highest BCUT2D eigenvalue weighted by Gasteiger charge is 2.29. The number of nitrogens with one attached hydrogen (secondary N) is 2. The first kappa shape index (κ1) is 12.3. The second kappa shape index (κ2) is 5.00. The van der Waals surface area contributed by atoms with E-state index in [1.54, 1.807) is 0 Å². The van der Waals surface area contributed by atoms with Gasteiger partial charge in [0.2, 0.25) is 10.0 Å². The molecule has 0 radical (unpaired) electrons. The van der Waals surface area contributed by atoms with E-state index in [2.05, 4.69) is 17.0 Å². The lowest BCUT2D eigenvalue weighted by molar-refractivity contribution is 0.127. The summed E-state index contributed by atoms with van der Waals surface area (Å²) >= 11 is 0. The van der Waals surface area contributed by atoms with Crippen molar-refractivity contribution in [3.63, 3.8) is 0 Å². The number of hydrogen-bond donors (Lipinski definition) is 2. The van der Waals surface area contributed by atoms with Gasteiger partial charge in [-0.15, -0.1) is 0 Å². The molecule has 2 N–H and O–H groups in total. The van der Waals surface area contributed by atoms with Crippen LogP contribution in [0.1, 0.15) is 19.8 Å². The van der Waals surface area contributed by atoms with Crippen LogP contribution in [0.2, 0.25) is 0 Å². The van der Waals surface area contributed by atoms with E-state index in [9.17, 15) is 8.42 Å². The first-order valence-electron chi connectivity index (χ1n) is 5.89. The molecule has 2 heterocycles. The maximum Gasteiger partial charge on any atom is 0.214 e. The Labute approximate surface area is 97.0 Å². The molecule has 0 amide bonds. The minimum absolute atomic E-state index is 0.0337. The lowest BCUT2D eigenvalue weighted by atomic mass is 10.1. The third-order valence-corrected chi connectivity index (χ3v) is 4.75. The molecule has 0 aliphatic carbocycles. The van der Waals surface area contributed by atoms with E-state index in [1.165, 1.54) is 0 Å². The Balaban J connectivity index is 1.86. The summed E-state index contributed by atoms with van der Waals surface area (Å²) in [6.45, 7) is 4.36. The summed E-state index contributed by atoms with van der Waals surface area (Å²) in [5, 5.41) is 3.18. The van der Waals surface area contributed by atoms with Crippen molar-refractivity contribution in [3.8, 4) is 0 Å². The van der Waals surface area contributed by atoms with Gasteiger partial charge in [0, 0.05) is 19.2 Å². The van der Waals surface area contributed by atoms with Gasteiger partial charge in [-0.05, 0) is 25.3 Å². The first-order chi connectivity index (χ1) is 7.57. The van der Waals surface area contributed by atoms with Crippen LogP contribution < -0.4 is 10.0 Å². The van der Waals surface area contributed by atoms with Crippen molar-refractivity contribution in [2.75, 3.05) is 25.4 Å². The monoisotopic (exact) mass is 248 g/mol. The third-order valence-electron chi connectivity index (χ3n) is 3.28. The fourth-order valence-corrected chi connectivity index (χ4v) is 3.89. The van der Waals surface area contributed by atoms with E-state index in [0.717, 1.165) is 25.9 Å². The molecule has 2 aliphatic rings. The summed E-state index contributed by atoms with van der Waals surface area (Å²) in [5.74, 6) is 0.468. The average Bonchev–Trinajstić information content (AvgIpc) is 2.78. The molecule has 0 spiro atoms. The topological polar surface area (TPSA) is 67.4 Å². The molecule has 5 nitrogen and oxygen atoms in total.